The van der Waals surface area contributed by atoms with E-state index in [1.807, 2.05) is 6.92 Å². The van der Waals surface area contributed by atoms with Gasteiger partial charge in [0, 0.05) is 30.0 Å². The summed E-state index contributed by atoms with van der Waals surface area (Å²) in [6.45, 7) is 7.57. The predicted octanol–water partition coefficient (Wildman–Crippen LogP) is 2.90. The number of rotatable bonds is 4. The molecule has 2 rings (SSSR count). The Hall–Kier alpha value is -1.71. The van der Waals surface area contributed by atoms with Gasteiger partial charge < -0.3 is 10.3 Å². The molecule has 0 saturated heterocycles. The summed E-state index contributed by atoms with van der Waals surface area (Å²) in [5.41, 5.74) is 4.73. The number of nitro benzene ring substituents is 1. The molecule has 1 aliphatic rings. The second kappa shape index (κ2) is 5.98. The van der Waals surface area contributed by atoms with Crippen molar-refractivity contribution in [2.24, 2.45) is 10.7 Å². The van der Waals surface area contributed by atoms with E-state index >= 15 is 0 Å². The van der Waals surface area contributed by atoms with Crippen molar-refractivity contribution in [2.75, 3.05) is 12.3 Å². The number of hydrogen-bond donors (Lipinski definition) is 3. The topological polar surface area (TPSA) is 114 Å². The first-order valence-corrected chi connectivity index (χ1v) is 9.30. The molecule has 0 bridgehead atoms. The molecule has 1 unspecified atom stereocenters. The van der Waals surface area contributed by atoms with Gasteiger partial charge in [-0.1, -0.05) is 17.4 Å². The molecule has 0 aliphatic carbocycles. The van der Waals surface area contributed by atoms with Crippen LogP contribution in [0.15, 0.2) is 23.2 Å². The minimum atomic E-state index is -2.47. The molecule has 4 N–H and O–H groups in total. The molecule has 1 aromatic carbocycles. The third-order valence-corrected chi connectivity index (χ3v) is 8.09. The molecule has 2 atom stereocenters. The van der Waals surface area contributed by atoms with Crippen molar-refractivity contribution < 1.29 is 13.9 Å². The van der Waals surface area contributed by atoms with Crippen LogP contribution in [0.5, 0.6) is 0 Å². The fraction of sp³-hybridized carbons (Fsp3) is 0.533. The Bertz CT molecular complexity index is 712. The number of benzene rings is 1. The van der Waals surface area contributed by atoms with Crippen LogP contribution in [0.3, 0.4) is 0 Å². The summed E-state index contributed by atoms with van der Waals surface area (Å²) < 4.78 is 27.9. The number of halogens is 1. The van der Waals surface area contributed by atoms with Crippen molar-refractivity contribution in [3.05, 3.63) is 39.7 Å². The number of nitro groups is 1. The smallest absolute Gasteiger partial charge is 0.270 e. The third-order valence-electron chi connectivity index (χ3n) is 4.44. The summed E-state index contributed by atoms with van der Waals surface area (Å²) in [7, 11) is -2.47. The highest BCUT2D eigenvalue weighted by Crippen LogP contribution is 2.59. The zero-order valence-corrected chi connectivity index (χ0v) is 15.0. The molecule has 1 aliphatic heterocycles. The first kappa shape index (κ1) is 18.6. The Balaban J connectivity index is 2.64. The van der Waals surface area contributed by atoms with Crippen LogP contribution in [-0.4, -0.2) is 32.4 Å². The number of nitrogens with two attached hydrogens (primary N) is 1. The number of aliphatic imine (C=N–C) groups is 1. The largest absolute Gasteiger partial charge is 0.386 e. The van der Waals surface area contributed by atoms with Crippen molar-refractivity contribution in [3.63, 3.8) is 0 Å². The van der Waals surface area contributed by atoms with E-state index in [2.05, 4.69) is 9.71 Å². The van der Waals surface area contributed by atoms with Crippen molar-refractivity contribution in [2.45, 2.75) is 38.0 Å². The van der Waals surface area contributed by atoms with Crippen LogP contribution < -0.4 is 10.5 Å². The SMILES string of the molecule is CCNS1(O)C[C@@](C)(c2cc([N+](=O)[O-])ccc2F)N=C(N)C1(C)C. The van der Waals surface area contributed by atoms with Crippen LogP contribution in [-0.2, 0) is 5.54 Å². The van der Waals surface area contributed by atoms with E-state index in [4.69, 9.17) is 5.73 Å². The average Bonchev–Trinajstić information content (AvgIpc) is 2.45. The highest BCUT2D eigenvalue weighted by atomic mass is 32.3. The summed E-state index contributed by atoms with van der Waals surface area (Å²) in [6.07, 6.45) is 0. The standard InChI is InChI=1S/C15H23FN4O3S/c1-5-18-24(23)9-15(4,19-13(17)14(24,2)3)11-8-10(20(21)22)6-7-12(11)16/h6-8,18,23H,5,9H2,1-4H3,(H2,17,19)/t15-/m0/s1. The number of nitrogens with zero attached hydrogens (tertiary/aromatic N) is 2. The van der Waals surface area contributed by atoms with Crippen LogP contribution in [0, 0.1) is 15.9 Å². The van der Waals surface area contributed by atoms with Gasteiger partial charge in [-0.3, -0.25) is 19.8 Å². The van der Waals surface area contributed by atoms with Gasteiger partial charge in [0.25, 0.3) is 5.69 Å². The predicted molar refractivity (Wildman–Crippen MR) is 94.9 cm³/mol. The molecular formula is C15H23FN4O3S. The number of hydrogen-bond acceptors (Lipinski definition) is 6. The van der Waals surface area contributed by atoms with E-state index in [0.717, 1.165) is 18.2 Å². The van der Waals surface area contributed by atoms with E-state index < -0.39 is 31.5 Å². The van der Waals surface area contributed by atoms with Gasteiger partial charge in [0.15, 0.2) is 0 Å². The molecular weight excluding hydrogens is 335 g/mol. The molecule has 0 amide bonds. The van der Waals surface area contributed by atoms with Gasteiger partial charge >= 0.3 is 0 Å². The molecule has 24 heavy (non-hydrogen) atoms. The lowest BCUT2D eigenvalue weighted by Crippen LogP contribution is -2.56. The van der Waals surface area contributed by atoms with Gasteiger partial charge in [-0.05, 0) is 26.8 Å². The minimum absolute atomic E-state index is 0.0546. The molecule has 1 aromatic rings. The Morgan fingerprint density at radius 1 is 1.50 bits per heavy atom. The molecule has 0 radical (unpaired) electrons. The second-order valence-corrected chi connectivity index (χ2v) is 9.55. The third kappa shape index (κ3) is 2.87. The molecule has 0 fully saturated rings. The van der Waals surface area contributed by atoms with Gasteiger partial charge in [-0.25, -0.2) is 4.39 Å². The number of amidine groups is 1. The van der Waals surface area contributed by atoms with Gasteiger partial charge in [0.2, 0.25) is 0 Å². The van der Waals surface area contributed by atoms with Crippen LogP contribution in [0.1, 0.15) is 33.3 Å². The molecule has 1 heterocycles. The highest BCUT2D eigenvalue weighted by molar-refractivity contribution is 8.29. The van der Waals surface area contributed by atoms with Crippen LogP contribution in [0.25, 0.3) is 0 Å². The second-order valence-electron chi connectivity index (χ2n) is 6.55. The Kier molecular flexibility index (Phi) is 4.64. The molecule has 0 saturated carbocycles. The van der Waals surface area contributed by atoms with E-state index in [1.54, 1.807) is 20.8 Å². The number of nitrogens with one attached hydrogen (secondary N) is 1. The Morgan fingerprint density at radius 2 is 2.12 bits per heavy atom. The van der Waals surface area contributed by atoms with E-state index in [0.29, 0.717) is 6.54 Å². The van der Waals surface area contributed by atoms with Gasteiger partial charge in [0.05, 0.1) is 15.2 Å². The fourth-order valence-electron chi connectivity index (χ4n) is 2.84. The van der Waals surface area contributed by atoms with Crippen LogP contribution >= 0.6 is 10.5 Å². The fourth-order valence-corrected chi connectivity index (χ4v) is 5.57. The molecule has 0 spiro atoms. The maximum Gasteiger partial charge on any atom is 0.270 e. The van der Waals surface area contributed by atoms with Gasteiger partial charge in [-0.15, -0.1) is 0 Å². The van der Waals surface area contributed by atoms with Crippen LogP contribution in [0.4, 0.5) is 10.1 Å². The summed E-state index contributed by atoms with van der Waals surface area (Å²) in [6, 6.07) is 3.31. The van der Waals surface area contributed by atoms with Crippen molar-refractivity contribution in [1.82, 2.24) is 4.72 Å². The normalized spacial score (nSPS) is 31.8. The van der Waals surface area contributed by atoms with Crippen molar-refractivity contribution in [3.8, 4) is 0 Å². The van der Waals surface area contributed by atoms with Crippen LogP contribution in [0.2, 0.25) is 0 Å². The maximum atomic E-state index is 14.4. The Labute approximate surface area is 142 Å². The monoisotopic (exact) mass is 358 g/mol. The highest BCUT2D eigenvalue weighted by Gasteiger charge is 2.51. The summed E-state index contributed by atoms with van der Waals surface area (Å²) >= 11 is 0. The molecule has 134 valence electrons. The lowest BCUT2D eigenvalue weighted by Gasteiger charge is -2.54. The van der Waals surface area contributed by atoms with E-state index in [1.165, 1.54) is 0 Å². The van der Waals surface area contributed by atoms with Crippen molar-refractivity contribution >= 4 is 22.0 Å². The average molecular weight is 358 g/mol. The lowest BCUT2D eigenvalue weighted by molar-refractivity contribution is -0.385. The quantitative estimate of drug-likeness (QED) is 0.566. The number of non-ortho nitro benzene ring substituents is 1. The first-order chi connectivity index (χ1) is 11.0. The van der Waals surface area contributed by atoms with Crippen molar-refractivity contribution in [1.29, 1.82) is 0 Å². The Morgan fingerprint density at radius 3 is 2.67 bits per heavy atom. The summed E-state index contributed by atoms with van der Waals surface area (Å²) in [4.78, 5) is 14.9. The zero-order valence-electron chi connectivity index (χ0n) is 14.2. The molecule has 9 heteroatoms. The zero-order chi connectivity index (χ0) is 18.3. The maximum absolute atomic E-state index is 14.4. The van der Waals surface area contributed by atoms with Gasteiger partial charge in [-0.2, -0.15) is 0 Å². The lowest BCUT2D eigenvalue weighted by atomic mass is 9.93. The molecule has 0 aromatic heterocycles. The van der Waals surface area contributed by atoms with Gasteiger partial charge in [0.1, 0.15) is 11.7 Å². The summed E-state index contributed by atoms with van der Waals surface area (Å²) in [5, 5.41) is 11.0. The first-order valence-electron chi connectivity index (χ1n) is 7.55. The van der Waals surface area contributed by atoms with E-state index in [-0.39, 0.29) is 22.8 Å². The minimum Gasteiger partial charge on any atom is -0.386 e. The molecule has 7 nitrogen and oxygen atoms in total. The summed E-state index contributed by atoms with van der Waals surface area (Å²) in [5.74, 6) is -0.308. The van der Waals surface area contributed by atoms with E-state index in [9.17, 15) is 19.1 Å².